The molecule has 7 rings (SSSR count). The lowest BCUT2D eigenvalue weighted by Gasteiger charge is -2.62. The lowest BCUT2D eigenvalue weighted by molar-refractivity contribution is -0.320. The summed E-state index contributed by atoms with van der Waals surface area (Å²) in [5, 5.41) is 92.8. The molecule has 7 fully saturated rings. The third-order valence-electron chi connectivity index (χ3n) is 16.3. The Morgan fingerprint density at radius 3 is 2.04 bits per heavy atom. The van der Waals surface area contributed by atoms with Crippen LogP contribution in [0.5, 0.6) is 0 Å². The second-order valence-corrected chi connectivity index (χ2v) is 18.9. The second kappa shape index (κ2) is 16.1. The lowest BCUT2D eigenvalue weighted by atomic mass is 9.43. The molecule has 318 valence electrons. The fraction of sp³-hybridized carbons (Fsp3) is 1.00. The highest BCUT2D eigenvalue weighted by Crippen LogP contribution is 2.71. The molecule has 0 spiro atoms. The van der Waals surface area contributed by atoms with E-state index >= 15 is 0 Å². The van der Waals surface area contributed by atoms with Crippen molar-refractivity contribution in [1.29, 1.82) is 0 Å². The first-order chi connectivity index (χ1) is 26.0. The van der Waals surface area contributed by atoms with Crippen molar-refractivity contribution in [2.45, 2.75) is 171 Å². The highest BCUT2D eigenvalue weighted by atomic mass is 16.7. The summed E-state index contributed by atoms with van der Waals surface area (Å²) in [7, 11) is 1.73. The first-order valence-electron chi connectivity index (χ1n) is 20.8. The predicted octanol–water partition coefficient (Wildman–Crippen LogP) is 0.0215. The van der Waals surface area contributed by atoms with Crippen molar-refractivity contribution in [1.82, 2.24) is 0 Å². The Hall–Kier alpha value is -0.600. The maximum Gasteiger partial charge on any atom is 0.186 e. The first kappa shape index (κ1) is 42.5. The van der Waals surface area contributed by atoms with Crippen LogP contribution in [0.1, 0.15) is 85.5 Å². The van der Waals surface area contributed by atoms with Gasteiger partial charge < -0.3 is 74.4 Å². The minimum absolute atomic E-state index is 0.0365. The van der Waals surface area contributed by atoms with Crippen LogP contribution >= 0.6 is 0 Å². The molecule has 3 aliphatic heterocycles. The summed E-state index contributed by atoms with van der Waals surface area (Å²) in [5.41, 5.74) is -0.241. The summed E-state index contributed by atoms with van der Waals surface area (Å²) in [6, 6.07) is 0. The number of methoxy groups -OCH3 is 1. The normalized spacial score (nSPS) is 55.6. The van der Waals surface area contributed by atoms with Gasteiger partial charge in [0, 0.05) is 25.9 Å². The van der Waals surface area contributed by atoms with Crippen LogP contribution in [0.15, 0.2) is 0 Å². The molecular formula is C40H68O15. The van der Waals surface area contributed by atoms with E-state index in [9.17, 15) is 46.0 Å². The lowest BCUT2D eigenvalue weighted by Crippen LogP contribution is -2.62. The number of rotatable bonds is 11. The van der Waals surface area contributed by atoms with Crippen molar-refractivity contribution in [3.05, 3.63) is 0 Å². The standard InChI is InChI=1S/C40H68O15/c1-18(17-51-36-34(48)32(46)30(44)26(15-41)53-36)8-11-40(50-5)19(2)29-25(55-40)14-24-22-7-6-20-12-21(52-37-35(49)33(47)31(45)27(16-42)54-37)13-28(43)39(20,4)23(22)9-10-38(24,29)3/h18-37,41-49H,6-17H2,1-5H3. The molecule has 0 amide bonds. The topological polar surface area (TPSA) is 237 Å². The van der Waals surface area contributed by atoms with Crippen LogP contribution < -0.4 is 0 Å². The van der Waals surface area contributed by atoms with E-state index in [-0.39, 0.29) is 41.3 Å². The Bertz CT molecular complexity index is 1310. The molecule has 23 unspecified atom stereocenters. The minimum Gasteiger partial charge on any atom is -0.394 e. The van der Waals surface area contributed by atoms with Crippen molar-refractivity contribution >= 4 is 0 Å². The van der Waals surface area contributed by atoms with Crippen LogP contribution in [0.3, 0.4) is 0 Å². The van der Waals surface area contributed by atoms with E-state index in [4.69, 9.17) is 28.4 Å². The van der Waals surface area contributed by atoms with Crippen molar-refractivity contribution in [3.63, 3.8) is 0 Å². The van der Waals surface area contributed by atoms with Crippen LogP contribution in [0, 0.1) is 52.3 Å². The molecule has 0 aromatic rings. The molecule has 7 aliphatic rings. The number of hydrogen-bond acceptors (Lipinski definition) is 15. The van der Waals surface area contributed by atoms with Gasteiger partial charge in [0.05, 0.1) is 38.1 Å². The zero-order valence-electron chi connectivity index (χ0n) is 33.0. The molecule has 0 aromatic heterocycles. The van der Waals surface area contributed by atoms with E-state index in [1.807, 2.05) is 6.92 Å². The average Bonchev–Trinajstić information content (AvgIpc) is 3.63. The molecule has 3 saturated heterocycles. The van der Waals surface area contributed by atoms with Crippen LogP contribution in [0.2, 0.25) is 0 Å². The number of fused-ring (bicyclic) bond motifs is 7. The molecule has 4 aliphatic carbocycles. The molecule has 15 nitrogen and oxygen atoms in total. The molecule has 9 N–H and O–H groups in total. The first-order valence-corrected chi connectivity index (χ1v) is 20.8. The fourth-order valence-corrected chi connectivity index (χ4v) is 13.1. The van der Waals surface area contributed by atoms with Gasteiger partial charge in [-0.1, -0.05) is 27.7 Å². The summed E-state index contributed by atoms with van der Waals surface area (Å²) >= 11 is 0. The van der Waals surface area contributed by atoms with Gasteiger partial charge in [0.2, 0.25) is 0 Å². The van der Waals surface area contributed by atoms with Gasteiger partial charge in [0.25, 0.3) is 0 Å². The number of aliphatic hydroxyl groups excluding tert-OH is 9. The van der Waals surface area contributed by atoms with Gasteiger partial charge in [0.1, 0.15) is 48.8 Å². The summed E-state index contributed by atoms with van der Waals surface area (Å²) in [4.78, 5) is 0. The van der Waals surface area contributed by atoms with Gasteiger partial charge in [-0.2, -0.15) is 0 Å². The van der Waals surface area contributed by atoms with Crippen molar-refractivity contribution in [2.75, 3.05) is 26.9 Å². The number of ether oxygens (including phenoxy) is 6. The zero-order chi connectivity index (χ0) is 39.8. The molecule has 0 aromatic carbocycles. The van der Waals surface area contributed by atoms with Crippen molar-refractivity contribution in [3.8, 4) is 0 Å². The highest BCUT2D eigenvalue weighted by molar-refractivity contribution is 5.16. The van der Waals surface area contributed by atoms with Crippen molar-refractivity contribution in [2.24, 2.45) is 52.3 Å². The van der Waals surface area contributed by atoms with Gasteiger partial charge in [0.15, 0.2) is 18.4 Å². The average molecular weight is 789 g/mol. The SMILES string of the molecule is COC1(CCC(C)COC2OC(CO)C(O)C(O)C2O)OC2CC3C4CCC5CC(OC6OC(CO)C(O)C(O)C6O)CC(O)C5(C)C4CCC3(C)C2C1C. The minimum atomic E-state index is -1.51. The van der Waals surface area contributed by atoms with Gasteiger partial charge in [-0.05, 0) is 91.3 Å². The van der Waals surface area contributed by atoms with Crippen LogP contribution in [-0.2, 0) is 28.4 Å². The Morgan fingerprint density at radius 2 is 1.40 bits per heavy atom. The van der Waals surface area contributed by atoms with Gasteiger partial charge >= 0.3 is 0 Å². The molecule has 15 heteroatoms. The predicted molar refractivity (Wildman–Crippen MR) is 193 cm³/mol. The largest absolute Gasteiger partial charge is 0.394 e. The molecule has 0 bridgehead atoms. The third kappa shape index (κ3) is 7.06. The van der Waals surface area contributed by atoms with Crippen LogP contribution in [-0.4, -0.2) is 158 Å². The summed E-state index contributed by atoms with van der Waals surface area (Å²) in [6.07, 6.45) is -6.74. The van der Waals surface area contributed by atoms with E-state index in [2.05, 4.69) is 20.8 Å². The quantitative estimate of drug-likeness (QED) is 0.126. The zero-order valence-corrected chi connectivity index (χ0v) is 33.0. The molecule has 4 saturated carbocycles. The van der Waals surface area contributed by atoms with Gasteiger partial charge in [-0.25, -0.2) is 0 Å². The maximum atomic E-state index is 11.9. The van der Waals surface area contributed by atoms with E-state index in [1.54, 1.807) is 7.11 Å². The Morgan fingerprint density at radius 1 is 0.764 bits per heavy atom. The molecule has 23 atom stereocenters. The van der Waals surface area contributed by atoms with E-state index in [1.165, 1.54) is 0 Å². The smallest absolute Gasteiger partial charge is 0.186 e. The monoisotopic (exact) mass is 788 g/mol. The fourth-order valence-electron chi connectivity index (χ4n) is 13.1. The Labute approximate surface area is 324 Å². The van der Waals surface area contributed by atoms with Crippen LogP contribution in [0.4, 0.5) is 0 Å². The molecular weight excluding hydrogens is 720 g/mol. The van der Waals surface area contributed by atoms with Crippen molar-refractivity contribution < 1.29 is 74.4 Å². The number of hydrogen-bond donors (Lipinski definition) is 9. The third-order valence-corrected chi connectivity index (χ3v) is 16.3. The Balaban J connectivity index is 0.964. The van der Waals surface area contributed by atoms with E-state index in [0.29, 0.717) is 42.9 Å². The van der Waals surface area contributed by atoms with E-state index in [0.717, 1.165) is 38.5 Å². The van der Waals surface area contributed by atoms with Gasteiger partial charge in [-0.15, -0.1) is 0 Å². The summed E-state index contributed by atoms with van der Waals surface area (Å²) in [6.45, 7) is 8.22. The van der Waals surface area contributed by atoms with Crippen LogP contribution in [0.25, 0.3) is 0 Å². The maximum absolute atomic E-state index is 11.9. The highest BCUT2D eigenvalue weighted by Gasteiger charge is 2.69. The van der Waals surface area contributed by atoms with Gasteiger partial charge in [-0.3, -0.25) is 0 Å². The summed E-state index contributed by atoms with van der Waals surface area (Å²) < 4.78 is 36.4. The second-order valence-electron chi connectivity index (χ2n) is 18.9. The number of aliphatic hydroxyl groups is 9. The van der Waals surface area contributed by atoms with E-state index < -0.39 is 92.6 Å². The molecule has 55 heavy (non-hydrogen) atoms. The molecule has 3 heterocycles. The Kier molecular flexibility index (Phi) is 12.5. The molecule has 0 radical (unpaired) electrons. The summed E-state index contributed by atoms with van der Waals surface area (Å²) in [5.74, 6) is 1.20.